The monoisotopic (exact) mass is 347 g/mol. The molecule has 26 heavy (non-hydrogen) atoms. The molecule has 0 bridgehead atoms. The fourth-order valence-electron chi connectivity index (χ4n) is 3.90. The third-order valence-corrected chi connectivity index (χ3v) is 5.37. The first-order valence-corrected chi connectivity index (χ1v) is 8.99. The van der Waals surface area contributed by atoms with Crippen molar-refractivity contribution in [3.05, 3.63) is 76.1 Å². The number of benzene rings is 2. The van der Waals surface area contributed by atoms with E-state index in [1.54, 1.807) is 18.2 Å². The molecule has 1 N–H and O–H groups in total. The van der Waals surface area contributed by atoms with Crippen LogP contribution in [0.15, 0.2) is 63.8 Å². The Labute approximate surface area is 151 Å². The van der Waals surface area contributed by atoms with Crippen LogP contribution in [-0.2, 0) is 10.2 Å². The van der Waals surface area contributed by atoms with Crippen molar-refractivity contribution in [2.45, 2.75) is 38.0 Å². The van der Waals surface area contributed by atoms with Gasteiger partial charge in [0.2, 0.25) is 5.91 Å². The van der Waals surface area contributed by atoms with Gasteiger partial charge >= 0.3 is 5.63 Å². The lowest BCUT2D eigenvalue weighted by molar-refractivity contribution is -0.121. The molecule has 0 aliphatic heterocycles. The van der Waals surface area contributed by atoms with Gasteiger partial charge in [-0.1, -0.05) is 42.7 Å². The van der Waals surface area contributed by atoms with E-state index in [9.17, 15) is 9.59 Å². The Balaban J connectivity index is 1.66. The highest BCUT2D eigenvalue weighted by molar-refractivity contribution is 6.00. The number of anilines is 1. The Kier molecular flexibility index (Phi) is 4.11. The quantitative estimate of drug-likeness (QED) is 0.707. The molecule has 1 amide bonds. The Morgan fingerprint density at radius 1 is 1.00 bits per heavy atom. The minimum Gasteiger partial charge on any atom is -0.423 e. The number of hydrogen-bond acceptors (Lipinski definition) is 3. The summed E-state index contributed by atoms with van der Waals surface area (Å²) < 4.78 is 5.15. The second-order valence-electron chi connectivity index (χ2n) is 7.12. The van der Waals surface area contributed by atoms with E-state index in [0.29, 0.717) is 5.58 Å². The largest absolute Gasteiger partial charge is 0.423 e. The van der Waals surface area contributed by atoms with Crippen molar-refractivity contribution < 1.29 is 9.21 Å². The highest BCUT2D eigenvalue weighted by Gasteiger charge is 2.42. The molecule has 1 heterocycles. The number of carbonyl (C=O) groups is 1. The van der Waals surface area contributed by atoms with Crippen LogP contribution in [-0.4, -0.2) is 5.91 Å². The number of carbonyl (C=O) groups excluding carboxylic acids is 1. The van der Waals surface area contributed by atoms with Gasteiger partial charge in [-0.25, -0.2) is 4.79 Å². The van der Waals surface area contributed by atoms with Gasteiger partial charge in [-0.3, -0.25) is 4.79 Å². The van der Waals surface area contributed by atoms with Crippen LogP contribution in [0.25, 0.3) is 11.0 Å². The Bertz CT molecular complexity index is 1010. The van der Waals surface area contributed by atoms with Gasteiger partial charge in [-0.05, 0) is 49.6 Å². The van der Waals surface area contributed by atoms with E-state index in [1.807, 2.05) is 6.07 Å². The lowest BCUT2D eigenvalue weighted by atomic mass is 9.77. The molecule has 1 fully saturated rings. The molecule has 132 valence electrons. The van der Waals surface area contributed by atoms with Crippen molar-refractivity contribution >= 4 is 22.6 Å². The van der Waals surface area contributed by atoms with Gasteiger partial charge in [-0.15, -0.1) is 0 Å². The molecule has 2 aromatic carbocycles. The second-order valence-corrected chi connectivity index (χ2v) is 7.12. The van der Waals surface area contributed by atoms with Crippen LogP contribution in [0.5, 0.6) is 0 Å². The van der Waals surface area contributed by atoms with E-state index in [0.717, 1.165) is 42.3 Å². The Morgan fingerprint density at radius 2 is 1.73 bits per heavy atom. The molecule has 0 saturated heterocycles. The Morgan fingerprint density at radius 3 is 2.46 bits per heavy atom. The third kappa shape index (κ3) is 2.92. The van der Waals surface area contributed by atoms with Crippen LogP contribution in [0.1, 0.15) is 36.8 Å². The fourth-order valence-corrected chi connectivity index (χ4v) is 3.90. The number of hydrogen-bond donors (Lipinski definition) is 1. The van der Waals surface area contributed by atoms with Gasteiger partial charge in [0.1, 0.15) is 5.58 Å². The molecule has 1 aliphatic carbocycles. The van der Waals surface area contributed by atoms with Crippen LogP contribution < -0.4 is 10.9 Å². The maximum atomic E-state index is 13.2. The molecule has 1 aliphatic rings. The number of nitrogens with one attached hydrogen (secondary N) is 1. The standard InChI is InChI=1S/C22H21NO3/c1-15-4-7-17(8-5-15)22(12-2-3-13-22)21(25)23-18-9-10-19-16(14-18)6-11-20(24)26-19/h4-11,14H,2-3,12-13H2,1H3,(H,23,25). The average Bonchev–Trinajstić information content (AvgIpc) is 3.13. The van der Waals surface area contributed by atoms with E-state index in [4.69, 9.17) is 4.42 Å². The van der Waals surface area contributed by atoms with E-state index in [1.165, 1.54) is 11.6 Å². The zero-order valence-electron chi connectivity index (χ0n) is 14.7. The maximum absolute atomic E-state index is 13.2. The predicted octanol–water partition coefficient (Wildman–Crippen LogP) is 4.55. The summed E-state index contributed by atoms with van der Waals surface area (Å²) in [6, 6.07) is 16.7. The molecule has 0 atom stereocenters. The molecule has 4 rings (SSSR count). The topological polar surface area (TPSA) is 59.3 Å². The highest BCUT2D eigenvalue weighted by atomic mass is 16.4. The molecule has 0 unspecified atom stereocenters. The summed E-state index contributed by atoms with van der Waals surface area (Å²) >= 11 is 0. The summed E-state index contributed by atoms with van der Waals surface area (Å²) in [4.78, 5) is 24.5. The summed E-state index contributed by atoms with van der Waals surface area (Å²) in [7, 11) is 0. The van der Waals surface area contributed by atoms with Crippen molar-refractivity contribution in [3.63, 3.8) is 0 Å². The number of fused-ring (bicyclic) bond motifs is 1. The predicted molar refractivity (Wildman–Crippen MR) is 102 cm³/mol. The number of amides is 1. The van der Waals surface area contributed by atoms with E-state index in [-0.39, 0.29) is 11.5 Å². The summed E-state index contributed by atoms with van der Waals surface area (Å²) in [6.07, 6.45) is 3.85. The van der Waals surface area contributed by atoms with Crippen molar-refractivity contribution in [2.24, 2.45) is 0 Å². The first kappa shape index (κ1) is 16.6. The summed E-state index contributed by atoms with van der Waals surface area (Å²) in [5, 5.41) is 3.88. The van der Waals surface area contributed by atoms with Crippen molar-refractivity contribution in [1.29, 1.82) is 0 Å². The number of rotatable bonds is 3. The second kappa shape index (κ2) is 6.45. The van der Waals surface area contributed by atoms with E-state index in [2.05, 4.69) is 36.5 Å². The van der Waals surface area contributed by atoms with E-state index >= 15 is 0 Å². The zero-order chi connectivity index (χ0) is 18.1. The van der Waals surface area contributed by atoms with Crippen LogP contribution in [0.4, 0.5) is 5.69 Å². The van der Waals surface area contributed by atoms with Crippen LogP contribution in [0, 0.1) is 6.92 Å². The molecule has 3 aromatic rings. The summed E-state index contributed by atoms with van der Waals surface area (Å²) in [6.45, 7) is 2.05. The molecule has 1 aromatic heterocycles. The summed E-state index contributed by atoms with van der Waals surface area (Å²) in [5.74, 6) is 0.0376. The van der Waals surface area contributed by atoms with Gasteiger partial charge in [0.15, 0.2) is 0 Å². The van der Waals surface area contributed by atoms with Gasteiger partial charge in [0.25, 0.3) is 0 Å². The first-order chi connectivity index (χ1) is 12.6. The lowest BCUT2D eigenvalue weighted by Crippen LogP contribution is -2.38. The van der Waals surface area contributed by atoms with Gasteiger partial charge < -0.3 is 9.73 Å². The SMILES string of the molecule is Cc1ccc(C2(C(=O)Nc3ccc4oc(=O)ccc4c3)CCCC2)cc1. The summed E-state index contributed by atoms with van der Waals surface area (Å²) in [5.41, 5.74) is 2.67. The van der Waals surface area contributed by atoms with Crippen molar-refractivity contribution in [2.75, 3.05) is 5.32 Å². The maximum Gasteiger partial charge on any atom is 0.336 e. The van der Waals surface area contributed by atoms with Crippen LogP contribution in [0.3, 0.4) is 0 Å². The minimum atomic E-state index is -0.466. The molecule has 0 spiro atoms. The van der Waals surface area contributed by atoms with Crippen LogP contribution >= 0.6 is 0 Å². The zero-order valence-corrected chi connectivity index (χ0v) is 14.7. The fraction of sp³-hybridized carbons (Fsp3) is 0.273. The third-order valence-electron chi connectivity index (χ3n) is 5.37. The van der Waals surface area contributed by atoms with E-state index < -0.39 is 5.41 Å². The normalized spacial score (nSPS) is 15.9. The molecule has 4 nitrogen and oxygen atoms in total. The van der Waals surface area contributed by atoms with Crippen LogP contribution in [0.2, 0.25) is 0 Å². The molecular formula is C22H21NO3. The molecular weight excluding hydrogens is 326 g/mol. The molecule has 1 saturated carbocycles. The van der Waals surface area contributed by atoms with Crippen molar-refractivity contribution in [3.8, 4) is 0 Å². The smallest absolute Gasteiger partial charge is 0.336 e. The first-order valence-electron chi connectivity index (χ1n) is 8.99. The van der Waals surface area contributed by atoms with Gasteiger partial charge in [0, 0.05) is 17.1 Å². The average molecular weight is 347 g/mol. The lowest BCUT2D eigenvalue weighted by Gasteiger charge is -2.28. The molecule has 0 radical (unpaired) electrons. The minimum absolute atomic E-state index is 0.0376. The Hall–Kier alpha value is -2.88. The van der Waals surface area contributed by atoms with Gasteiger partial charge in [0.05, 0.1) is 5.41 Å². The van der Waals surface area contributed by atoms with Crippen molar-refractivity contribution in [1.82, 2.24) is 0 Å². The van der Waals surface area contributed by atoms with Gasteiger partial charge in [-0.2, -0.15) is 0 Å². The molecule has 4 heteroatoms. The highest BCUT2D eigenvalue weighted by Crippen LogP contribution is 2.42. The number of aryl methyl sites for hydroxylation is 1.